The third-order valence-electron chi connectivity index (χ3n) is 8.30. The zero-order valence-corrected chi connectivity index (χ0v) is 17.2. The molecule has 0 amide bonds. The van der Waals surface area contributed by atoms with Gasteiger partial charge in [-0.2, -0.15) is 0 Å². The number of hydrogen-bond acceptors (Lipinski definition) is 0. The van der Waals surface area contributed by atoms with Crippen molar-refractivity contribution in [1.29, 1.82) is 0 Å². The quantitative estimate of drug-likeness (QED) is 0.408. The molecule has 2 unspecified atom stereocenters. The van der Waals surface area contributed by atoms with Crippen molar-refractivity contribution in [3.63, 3.8) is 0 Å². The highest BCUT2D eigenvalue weighted by Crippen LogP contribution is 2.47. The topological polar surface area (TPSA) is 0 Å². The van der Waals surface area contributed by atoms with Crippen LogP contribution in [0.3, 0.4) is 0 Å². The first kappa shape index (κ1) is 19.5. The lowest BCUT2D eigenvalue weighted by molar-refractivity contribution is 0.123. The van der Waals surface area contributed by atoms with E-state index in [4.69, 9.17) is 0 Å². The molecule has 0 spiro atoms. The van der Waals surface area contributed by atoms with Crippen LogP contribution in [0.5, 0.6) is 0 Å². The summed E-state index contributed by atoms with van der Waals surface area (Å²) < 4.78 is 0. The van der Waals surface area contributed by atoms with E-state index in [0.717, 1.165) is 35.5 Å². The van der Waals surface area contributed by atoms with Gasteiger partial charge in [-0.1, -0.05) is 51.2 Å². The van der Waals surface area contributed by atoms with Crippen molar-refractivity contribution in [2.24, 2.45) is 35.5 Å². The highest BCUT2D eigenvalue weighted by molar-refractivity contribution is 4.87. The highest BCUT2D eigenvalue weighted by Gasteiger charge is 2.35. The fraction of sp³-hybridized carbons (Fsp3) is 0.920. The molecule has 144 valence electrons. The Morgan fingerprint density at radius 1 is 0.640 bits per heavy atom. The van der Waals surface area contributed by atoms with Crippen molar-refractivity contribution in [2.45, 2.75) is 110 Å². The molecule has 3 saturated carbocycles. The minimum absolute atomic E-state index is 1.04. The van der Waals surface area contributed by atoms with Gasteiger partial charge in [0.25, 0.3) is 0 Å². The zero-order chi connectivity index (χ0) is 17.5. The van der Waals surface area contributed by atoms with E-state index in [1.54, 1.807) is 57.8 Å². The van der Waals surface area contributed by atoms with Gasteiger partial charge in [0.2, 0.25) is 0 Å². The summed E-state index contributed by atoms with van der Waals surface area (Å²) in [6.07, 6.45) is 27.4. The maximum Gasteiger partial charge on any atom is -0.0348 e. The van der Waals surface area contributed by atoms with Crippen LogP contribution in [-0.4, -0.2) is 0 Å². The van der Waals surface area contributed by atoms with Gasteiger partial charge in [-0.15, -0.1) is 0 Å². The molecular weight excluding hydrogens is 300 g/mol. The van der Waals surface area contributed by atoms with Gasteiger partial charge in [0.05, 0.1) is 0 Å². The molecule has 2 atom stereocenters. The molecule has 25 heavy (non-hydrogen) atoms. The molecule has 0 radical (unpaired) electrons. The van der Waals surface area contributed by atoms with Crippen LogP contribution in [0.4, 0.5) is 0 Å². The van der Waals surface area contributed by atoms with Crippen molar-refractivity contribution in [3.05, 3.63) is 12.2 Å². The first-order chi connectivity index (χ1) is 12.3. The molecule has 3 rings (SSSR count). The van der Waals surface area contributed by atoms with E-state index in [1.165, 1.54) is 38.5 Å². The van der Waals surface area contributed by atoms with Gasteiger partial charge < -0.3 is 0 Å². The maximum atomic E-state index is 2.37. The SMILES string of the molecule is C/C=C/CCC1CCC(C2CCC(C3CCC(CCC)C3)CC2)CC1. The van der Waals surface area contributed by atoms with E-state index >= 15 is 0 Å². The van der Waals surface area contributed by atoms with Crippen molar-refractivity contribution >= 4 is 0 Å². The Hall–Kier alpha value is -0.260. The molecule has 0 heterocycles. The average Bonchev–Trinajstić information content (AvgIpc) is 3.12. The second kappa shape index (κ2) is 10.2. The van der Waals surface area contributed by atoms with Crippen LogP contribution in [0, 0.1) is 35.5 Å². The van der Waals surface area contributed by atoms with Crippen LogP contribution < -0.4 is 0 Å². The maximum absolute atomic E-state index is 2.37. The molecule has 3 fully saturated rings. The molecule has 0 nitrogen and oxygen atoms in total. The Bertz CT molecular complexity index is 379. The predicted molar refractivity (Wildman–Crippen MR) is 111 cm³/mol. The van der Waals surface area contributed by atoms with Gasteiger partial charge in [0, 0.05) is 0 Å². The normalized spacial score (nSPS) is 39.9. The average molecular weight is 345 g/mol. The Balaban J connectivity index is 1.34. The number of rotatable bonds is 7. The van der Waals surface area contributed by atoms with Crippen LogP contribution in [-0.2, 0) is 0 Å². The summed E-state index contributed by atoms with van der Waals surface area (Å²) in [5.41, 5.74) is 0. The monoisotopic (exact) mass is 344 g/mol. The summed E-state index contributed by atoms with van der Waals surface area (Å²) in [6.45, 7) is 4.52. The summed E-state index contributed by atoms with van der Waals surface area (Å²) in [6, 6.07) is 0. The molecule has 0 bridgehead atoms. The Kier molecular flexibility index (Phi) is 7.93. The van der Waals surface area contributed by atoms with Crippen molar-refractivity contribution in [1.82, 2.24) is 0 Å². The van der Waals surface area contributed by atoms with E-state index in [2.05, 4.69) is 26.0 Å². The molecule has 0 aliphatic heterocycles. The van der Waals surface area contributed by atoms with Crippen molar-refractivity contribution < 1.29 is 0 Å². The van der Waals surface area contributed by atoms with Crippen LogP contribution in [0.15, 0.2) is 12.2 Å². The van der Waals surface area contributed by atoms with Gasteiger partial charge in [0.1, 0.15) is 0 Å². The molecule has 0 N–H and O–H groups in total. The number of allylic oxidation sites excluding steroid dienone is 2. The van der Waals surface area contributed by atoms with Crippen molar-refractivity contribution in [2.75, 3.05) is 0 Å². The Morgan fingerprint density at radius 2 is 1.16 bits per heavy atom. The van der Waals surface area contributed by atoms with Crippen LogP contribution >= 0.6 is 0 Å². The molecular formula is C25H44. The van der Waals surface area contributed by atoms with Crippen LogP contribution in [0.1, 0.15) is 110 Å². The van der Waals surface area contributed by atoms with Gasteiger partial charge in [-0.05, 0) is 107 Å². The number of hydrogen-bond donors (Lipinski definition) is 0. The fourth-order valence-electron chi connectivity index (χ4n) is 6.75. The minimum Gasteiger partial charge on any atom is -0.0917 e. The smallest absolute Gasteiger partial charge is 0.0348 e. The molecule has 0 aromatic heterocycles. The summed E-state index contributed by atoms with van der Waals surface area (Å²) in [5, 5.41) is 0. The van der Waals surface area contributed by atoms with Gasteiger partial charge >= 0.3 is 0 Å². The second-order valence-electron chi connectivity index (χ2n) is 9.83. The second-order valence-corrected chi connectivity index (χ2v) is 9.83. The third-order valence-corrected chi connectivity index (χ3v) is 8.30. The van der Waals surface area contributed by atoms with E-state index in [1.807, 2.05) is 0 Å². The Morgan fingerprint density at radius 3 is 1.76 bits per heavy atom. The minimum atomic E-state index is 1.04. The summed E-state index contributed by atoms with van der Waals surface area (Å²) in [5.74, 6) is 6.54. The third kappa shape index (κ3) is 5.61. The molecule has 0 saturated heterocycles. The molecule has 0 heteroatoms. The van der Waals surface area contributed by atoms with E-state index < -0.39 is 0 Å². The predicted octanol–water partition coefficient (Wildman–Crippen LogP) is 8.17. The van der Waals surface area contributed by atoms with E-state index in [9.17, 15) is 0 Å². The molecule has 3 aliphatic carbocycles. The lowest BCUT2D eigenvalue weighted by Gasteiger charge is -2.39. The van der Waals surface area contributed by atoms with Gasteiger partial charge in [0.15, 0.2) is 0 Å². The molecule has 3 aliphatic rings. The first-order valence-corrected chi connectivity index (χ1v) is 11.9. The fourth-order valence-corrected chi connectivity index (χ4v) is 6.75. The van der Waals surface area contributed by atoms with Crippen LogP contribution in [0.2, 0.25) is 0 Å². The van der Waals surface area contributed by atoms with Crippen LogP contribution in [0.25, 0.3) is 0 Å². The largest absolute Gasteiger partial charge is 0.0917 e. The lowest BCUT2D eigenvalue weighted by atomic mass is 9.67. The zero-order valence-electron chi connectivity index (χ0n) is 17.2. The van der Waals surface area contributed by atoms with E-state index in [0.29, 0.717) is 0 Å². The lowest BCUT2D eigenvalue weighted by Crippen LogP contribution is -2.27. The molecule has 0 aromatic rings. The highest BCUT2D eigenvalue weighted by atomic mass is 14.4. The van der Waals surface area contributed by atoms with Crippen molar-refractivity contribution in [3.8, 4) is 0 Å². The van der Waals surface area contributed by atoms with Gasteiger partial charge in [-0.25, -0.2) is 0 Å². The molecule has 0 aromatic carbocycles. The Labute approximate surface area is 158 Å². The summed E-state index contributed by atoms with van der Waals surface area (Å²) in [7, 11) is 0. The standard InChI is InChI=1S/C25H44/c1-3-5-6-8-20-9-12-22(13-10-20)23-15-17-24(18-16-23)25-14-11-21(19-25)7-4-2/h3,5,20-25H,4,6-19H2,1-2H3/b5-3+. The van der Waals surface area contributed by atoms with Gasteiger partial charge in [-0.3, -0.25) is 0 Å². The summed E-state index contributed by atoms with van der Waals surface area (Å²) in [4.78, 5) is 0. The first-order valence-electron chi connectivity index (χ1n) is 11.9. The summed E-state index contributed by atoms with van der Waals surface area (Å²) >= 11 is 0. The van der Waals surface area contributed by atoms with E-state index in [-0.39, 0.29) is 0 Å².